The van der Waals surface area contributed by atoms with Gasteiger partial charge >= 0.3 is 0 Å². The zero-order valence-corrected chi connectivity index (χ0v) is 17.7. The number of hydrogen-bond acceptors (Lipinski definition) is 5. The number of nitrogens with one attached hydrogen (secondary N) is 1. The molecule has 0 aromatic heterocycles. The molecule has 0 spiro atoms. The maximum atomic E-state index is 13.4. The normalized spacial score (nSPS) is 16.6. The van der Waals surface area contributed by atoms with Crippen molar-refractivity contribution < 1.29 is 24.1 Å². The topological polar surface area (TPSA) is 77.0 Å². The summed E-state index contributed by atoms with van der Waals surface area (Å²) in [5.74, 6) is 0.735. The molecule has 30 heavy (non-hydrogen) atoms. The van der Waals surface area contributed by atoms with Crippen molar-refractivity contribution in [3.63, 3.8) is 0 Å². The predicted octanol–water partition coefficient (Wildman–Crippen LogP) is 2.92. The van der Waals surface area contributed by atoms with Gasteiger partial charge in [0, 0.05) is 19.8 Å². The molecule has 0 aliphatic carbocycles. The molecule has 1 atom stereocenters. The van der Waals surface area contributed by atoms with Crippen LogP contribution < -0.4 is 10.1 Å². The van der Waals surface area contributed by atoms with E-state index >= 15 is 0 Å². The van der Waals surface area contributed by atoms with E-state index in [9.17, 15) is 9.90 Å². The van der Waals surface area contributed by atoms with E-state index in [-0.39, 0.29) is 25.2 Å². The van der Waals surface area contributed by atoms with Crippen LogP contribution in [-0.4, -0.2) is 51.1 Å². The van der Waals surface area contributed by atoms with Crippen molar-refractivity contribution in [3.05, 3.63) is 65.2 Å². The van der Waals surface area contributed by atoms with Crippen molar-refractivity contribution in [2.45, 2.75) is 31.3 Å². The predicted molar refractivity (Wildman–Crippen MR) is 115 cm³/mol. The fourth-order valence-corrected chi connectivity index (χ4v) is 3.88. The molecule has 1 aliphatic rings. The number of aliphatic hydroxyl groups is 1. The highest BCUT2D eigenvalue weighted by atomic mass is 16.5. The van der Waals surface area contributed by atoms with Gasteiger partial charge in [0.05, 0.1) is 31.8 Å². The van der Waals surface area contributed by atoms with Gasteiger partial charge in [0.2, 0.25) is 5.91 Å². The molecule has 2 N–H and O–H groups in total. The minimum absolute atomic E-state index is 0.0272. The standard InChI is InChI=1S/C24H31NO5/c1-18-3-5-19(6-4-18)22(30-16-13-26)17-25-23(27)24(11-14-29-15-12-24)20-7-9-21(28-2)10-8-20/h3-10,22,26H,11-17H2,1-2H3,(H,25,27). The molecule has 1 unspecified atom stereocenters. The maximum Gasteiger partial charge on any atom is 0.230 e. The zero-order valence-electron chi connectivity index (χ0n) is 17.7. The number of aryl methyl sites for hydroxylation is 1. The average Bonchev–Trinajstić information content (AvgIpc) is 2.80. The van der Waals surface area contributed by atoms with Crippen molar-refractivity contribution in [2.24, 2.45) is 0 Å². The number of rotatable bonds is 9. The van der Waals surface area contributed by atoms with Crippen molar-refractivity contribution in [3.8, 4) is 5.75 Å². The van der Waals surface area contributed by atoms with Crippen LogP contribution in [0, 0.1) is 6.92 Å². The van der Waals surface area contributed by atoms with Crippen molar-refractivity contribution in [1.82, 2.24) is 5.32 Å². The first-order valence-corrected chi connectivity index (χ1v) is 10.4. The summed E-state index contributed by atoms with van der Waals surface area (Å²) in [4.78, 5) is 13.4. The lowest BCUT2D eigenvalue weighted by Crippen LogP contribution is -2.49. The Kier molecular flexibility index (Phi) is 7.85. The van der Waals surface area contributed by atoms with Crippen LogP contribution in [0.2, 0.25) is 0 Å². The van der Waals surface area contributed by atoms with E-state index in [0.717, 1.165) is 22.4 Å². The zero-order chi connectivity index (χ0) is 21.4. The van der Waals surface area contributed by atoms with Crippen molar-refractivity contribution in [2.75, 3.05) is 40.1 Å². The molecule has 0 radical (unpaired) electrons. The van der Waals surface area contributed by atoms with Crippen LogP contribution in [-0.2, 0) is 19.7 Å². The van der Waals surface area contributed by atoms with Crippen LogP contribution in [0.5, 0.6) is 5.75 Å². The molecule has 6 heteroatoms. The summed E-state index contributed by atoms with van der Waals surface area (Å²) in [6.07, 6.45) is 0.921. The molecule has 3 rings (SSSR count). The molecular weight excluding hydrogens is 382 g/mol. The van der Waals surface area contributed by atoms with Crippen molar-refractivity contribution in [1.29, 1.82) is 0 Å². The molecule has 6 nitrogen and oxygen atoms in total. The Morgan fingerprint density at radius 2 is 1.80 bits per heavy atom. The molecule has 1 amide bonds. The highest BCUT2D eigenvalue weighted by Gasteiger charge is 2.41. The molecular formula is C24H31NO5. The van der Waals surface area contributed by atoms with E-state index in [4.69, 9.17) is 14.2 Å². The van der Waals surface area contributed by atoms with Gasteiger partial charge in [0.25, 0.3) is 0 Å². The molecule has 0 bridgehead atoms. The Morgan fingerprint density at radius 1 is 1.13 bits per heavy atom. The van der Waals surface area contributed by atoms with Gasteiger partial charge in [-0.15, -0.1) is 0 Å². The molecule has 0 saturated carbocycles. The number of hydrogen-bond donors (Lipinski definition) is 2. The summed E-state index contributed by atoms with van der Waals surface area (Å²) in [5, 5.41) is 12.3. The van der Waals surface area contributed by atoms with Gasteiger partial charge in [-0.1, -0.05) is 42.0 Å². The van der Waals surface area contributed by atoms with E-state index in [1.165, 1.54) is 0 Å². The van der Waals surface area contributed by atoms with Crippen LogP contribution in [0.15, 0.2) is 48.5 Å². The van der Waals surface area contributed by atoms with Crippen LogP contribution in [0.3, 0.4) is 0 Å². The average molecular weight is 414 g/mol. The van der Waals surface area contributed by atoms with E-state index in [2.05, 4.69) is 5.32 Å². The van der Waals surface area contributed by atoms with Gasteiger partial charge in [0.15, 0.2) is 0 Å². The third-order valence-corrected chi connectivity index (χ3v) is 5.73. The fourth-order valence-electron chi connectivity index (χ4n) is 3.88. The summed E-state index contributed by atoms with van der Waals surface area (Å²) < 4.78 is 16.6. The van der Waals surface area contributed by atoms with E-state index < -0.39 is 5.41 Å². The third kappa shape index (κ3) is 5.19. The van der Waals surface area contributed by atoms with Gasteiger partial charge in [-0.3, -0.25) is 4.79 Å². The second-order valence-corrected chi connectivity index (χ2v) is 7.63. The lowest BCUT2D eigenvalue weighted by molar-refractivity contribution is -0.131. The number of aliphatic hydroxyl groups excluding tert-OH is 1. The Balaban J connectivity index is 1.77. The first kappa shape index (κ1) is 22.3. The Hall–Kier alpha value is -2.41. The monoisotopic (exact) mass is 413 g/mol. The third-order valence-electron chi connectivity index (χ3n) is 5.73. The highest BCUT2D eigenvalue weighted by molar-refractivity contribution is 5.88. The van der Waals surface area contributed by atoms with E-state index in [1.807, 2.05) is 55.5 Å². The summed E-state index contributed by atoms with van der Waals surface area (Å²) >= 11 is 0. The quantitative estimate of drug-likeness (QED) is 0.661. The van der Waals surface area contributed by atoms with Crippen LogP contribution in [0.25, 0.3) is 0 Å². The fraction of sp³-hybridized carbons (Fsp3) is 0.458. The maximum absolute atomic E-state index is 13.4. The molecule has 1 saturated heterocycles. The number of carbonyl (C=O) groups excluding carboxylic acids is 1. The van der Waals surface area contributed by atoms with E-state index in [0.29, 0.717) is 32.6 Å². The number of ether oxygens (including phenoxy) is 3. The lowest BCUT2D eigenvalue weighted by Gasteiger charge is -2.36. The second-order valence-electron chi connectivity index (χ2n) is 7.63. The van der Waals surface area contributed by atoms with E-state index in [1.54, 1.807) is 7.11 Å². The Bertz CT molecular complexity index is 797. The number of amides is 1. The molecule has 1 fully saturated rings. The summed E-state index contributed by atoms with van der Waals surface area (Å²) in [7, 11) is 1.63. The van der Waals surface area contributed by atoms with Gasteiger partial charge in [-0.05, 0) is 43.0 Å². The smallest absolute Gasteiger partial charge is 0.230 e. The number of benzene rings is 2. The lowest BCUT2D eigenvalue weighted by atomic mass is 9.73. The molecule has 1 heterocycles. The van der Waals surface area contributed by atoms with Gasteiger partial charge < -0.3 is 24.6 Å². The first-order valence-electron chi connectivity index (χ1n) is 10.4. The first-order chi connectivity index (χ1) is 14.6. The van der Waals surface area contributed by atoms with Gasteiger partial charge in [0.1, 0.15) is 5.75 Å². The number of methoxy groups -OCH3 is 1. The SMILES string of the molecule is COc1ccc(C2(C(=O)NCC(OCCO)c3ccc(C)cc3)CCOCC2)cc1. The van der Waals surface area contributed by atoms with Crippen LogP contribution in [0.4, 0.5) is 0 Å². The van der Waals surface area contributed by atoms with Crippen molar-refractivity contribution >= 4 is 5.91 Å². The van der Waals surface area contributed by atoms with Gasteiger partial charge in [-0.25, -0.2) is 0 Å². The summed E-state index contributed by atoms with van der Waals surface area (Å²) in [5.41, 5.74) is 2.45. The molecule has 1 aliphatic heterocycles. The minimum atomic E-state index is -0.640. The molecule has 2 aromatic carbocycles. The minimum Gasteiger partial charge on any atom is -0.497 e. The largest absolute Gasteiger partial charge is 0.497 e. The molecule has 162 valence electrons. The van der Waals surface area contributed by atoms with Crippen LogP contribution >= 0.6 is 0 Å². The summed E-state index contributed by atoms with van der Waals surface area (Å²) in [6, 6.07) is 15.7. The summed E-state index contributed by atoms with van der Waals surface area (Å²) in [6.45, 7) is 3.60. The van der Waals surface area contributed by atoms with Crippen LogP contribution in [0.1, 0.15) is 35.6 Å². The number of carbonyl (C=O) groups is 1. The second kappa shape index (κ2) is 10.6. The Morgan fingerprint density at radius 3 is 2.40 bits per heavy atom. The van der Waals surface area contributed by atoms with Gasteiger partial charge in [-0.2, -0.15) is 0 Å². The molecule has 2 aromatic rings. The Labute approximate surface area is 178 Å². The highest BCUT2D eigenvalue weighted by Crippen LogP contribution is 2.36.